The molecule has 1 aliphatic rings. The molecule has 10 nitrogen and oxygen atoms in total. The van der Waals surface area contributed by atoms with Crippen LogP contribution in [0.4, 0.5) is 11.4 Å². The lowest BCUT2D eigenvalue weighted by Gasteiger charge is -2.25. The highest BCUT2D eigenvalue weighted by Crippen LogP contribution is 2.30. The third-order valence-corrected chi connectivity index (χ3v) is 4.99. The number of nitrogens with zero attached hydrogens (tertiary/aromatic N) is 4. The van der Waals surface area contributed by atoms with E-state index < -0.39 is 32.7 Å². The van der Waals surface area contributed by atoms with E-state index >= 15 is 0 Å². The van der Waals surface area contributed by atoms with Crippen molar-refractivity contribution in [2.45, 2.75) is 37.8 Å². The van der Waals surface area contributed by atoms with E-state index in [4.69, 9.17) is 0 Å². The van der Waals surface area contributed by atoms with Crippen LogP contribution in [0.15, 0.2) is 46.4 Å². The maximum absolute atomic E-state index is 11.0. The quantitative estimate of drug-likeness (QED) is 0.419. The minimum Gasteiger partial charge on any atom is -0.502 e. The van der Waals surface area contributed by atoms with Gasteiger partial charge in [-0.3, -0.25) is 30.2 Å². The summed E-state index contributed by atoms with van der Waals surface area (Å²) in [6, 6.07) is 8.02. The van der Waals surface area contributed by atoms with Crippen LogP contribution in [0.25, 0.3) is 0 Å². The molecule has 0 aliphatic heterocycles. The summed E-state index contributed by atoms with van der Waals surface area (Å²) in [5.41, 5.74) is -0.292. The number of nitro benzene ring substituents is 2. The smallest absolute Gasteiger partial charge is 0.311 e. The molecule has 3 rings (SSSR count). The fourth-order valence-corrected chi connectivity index (χ4v) is 3.39. The van der Waals surface area contributed by atoms with Crippen molar-refractivity contribution in [3.05, 3.63) is 67.8 Å². The largest absolute Gasteiger partial charge is 0.502 e. The minimum absolute atomic E-state index is 0.213. The van der Waals surface area contributed by atoms with Crippen molar-refractivity contribution >= 4 is 23.8 Å². The molecule has 2 aromatic rings. The first kappa shape index (κ1) is 20.9. The minimum atomic E-state index is -0.661. The highest BCUT2D eigenvalue weighted by Gasteiger charge is 2.24. The zero-order chi connectivity index (χ0) is 21.7. The predicted molar refractivity (Wildman–Crippen MR) is 111 cm³/mol. The fraction of sp³-hybridized carbons (Fsp3) is 0.300. The van der Waals surface area contributed by atoms with E-state index in [2.05, 4.69) is 9.98 Å². The number of hydrogen-bond donors (Lipinski definition) is 2. The maximum atomic E-state index is 11.0. The van der Waals surface area contributed by atoms with Crippen LogP contribution < -0.4 is 0 Å². The highest BCUT2D eigenvalue weighted by molar-refractivity contribution is 5.86. The lowest BCUT2D eigenvalue weighted by atomic mass is 9.91. The van der Waals surface area contributed by atoms with Gasteiger partial charge in [0.2, 0.25) is 11.5 Å². The molecule has 1 fully saturated rings. The van der Waals surface area contributed by atoms with Crippen molar-refractivity contribution in [1.82, 2.24) is 0 Å². The van der Waals surface area contributed by atoms with Gasteiger partial charge in [-0.25, -0.2) is 0 Å². The van der Waals surface area contributed by atoms with Gasteiger partial charge in [0.25, 0.3) is 0 Å². The molecular weight excluding hydrogens is 392 g/mol. The van der Waals surface area contributed by atoms with Gasteiger partial charge in [-0.2, -0.15) is 0 Å². The first-order valence-corrected chi connectivity index (χ1v) is 9.37. The number of aromatic hydroxyl groups is 2. The molecule has 0 aromatic heterocycles. The lowest BCUT2D eigenvalue weighted by molar-refractivity contribution is -0.386. The number of phenols is 2. The molecule has 0 bridgehead atoms. The van der Waals surface area contributed by atoms with Crippen molar-refractivity contribution in [3.63, 3.8) is 0 Å². The molecule has 2 atom stereocenters. The Hall–Kier alpha value is -3.82. The Bertz CT molecular complexity index is 939. The predicted octanol–water partition coefficient (Wildman–Crippen LogP) is 3.76. The number of hydrogen-bond acceptors (Lipinski definition) is 8. The second-order valence-electron chi connectivity index (χ2n) is 6.92. The summed E-state index contributed by atoms with van der Waals surface area (Å²) in [7, 11) is 0. The first-order chi connectivity index (χ1) is 14.4. The summed E-state index contributed by atoms with van der Waals surface area (Å²) < 4.78 is 0. The number of benzene rings is 2. The van der Waals surface area contributed by atoms with Gasteiger partial charge < -0.3 is 10.2 Å². The van der Waals surface area contributed by atoms with Gasteiger partial charge in [0.05, 0.1) is 21.9 Å². The summed E-state index contributed by atoms with van der Waals surface area (Å²) in [6.45, 7) is 0. The third kappa shape index (κ3) is 4.59. The van der Waals surface area contributed by atoms with Gasteiger partial charge in [-0.05, 0) is 25.0 Å². The van der Waals surface area contributed by atoms with Crippen molar-refractivity contribution in [2.75, 3.05) is 0 Å². The molecule has 1 aliphatic carbocycles. The van der Waals surface area contributed by atoms with Crippen LogP contribution >= 0.6 is 0 Å². The SMILES string of the molecule is O=[N+]([O-])c1cccc(C=NC2CCCCC2N=Cc2cccc([N+](=O)[O-])c2O)c1O. The van der Waals surface area contributed by atoms with Crippen molar-refractivity contribution in [2.24, 2.45) is 9.98 Å². The number of phenolic OH excluding ortho intramolecular Hbond substituents is 2. The standard InChI is InChI=1S/C20H20N4O6/c25-19-13(5-3-9-17(19)23(27)28)11-21-15-7-1-2-8-16(15)22-12-14-6-4-10-18(20(14)26)24(29)30/h3-6,9-12,15-16,25-26H,1-2,7-8H2. The van der Waals surface area contributed by atoms with E-state index in [-0.39, 0.29) is 23.2 Å². The Morgan fingerprint density at radius 2 is 1.20 bits per heavy atom. The van der Waals surface area contributed by atoms with E-state index in [9.17, 15) is 30.4 Å². The van der Waals surface area contributed by atoms with Crippen LogP contribution in [-0.4, -0.2) is 44.6 Å². The first-order valence-electron chi connectivity index (χ1n) is 9.37. The van der Waals surface area contributed by atoms with Gasteiger partial charge in [0, 0.05) is 35.7 Å². The van der Waals surface area contributed by atoms with E-state index in [1.54, 1.807) is 0 Å². The van der Waals surface area contributed by atoms with Crippen LogP contribution in [0, 0.1) is 20.2 Å². The summed E-state index contributed by atoms with van der Waals surface area (Å²) in [4.78, 5) is 29.6. The van der Waals surface area contributed by atoms with Crippen molar-refractivity contribution < 1.29 is 20.1 Å². The summed E-state index contributed by atoms with van der Waals surface area (Å²) in [5, 5.41) is 42.1. The second kappa shape index (κ2) is 9.12. The lowest BCUT2D eigenvalue weighted by Crippen LogP contribution is -2.27. The van der Waals surface area contributed by atoms with Crippen molar-refractivity contribution in [1.29, 1.82) is 0 Å². The molecule has 0 radical (unpaired) electrons. The molecule has 0 saturated heterocycles. The Morgan fingerprint density at radius 3 is 1.57 bits per heavy atom. The average molecular weight is 412 g/mol. The van der Waals surface area contributed by atoms with Gasteiger partial charge in [-0.1, -0.05) is 25.0 Å². The molecule has 2 N–H and O–H groups in total. The van der Waals surface area contributed by atoms with E-state index in [1.165, 1.54) is 48.8 Å². The van der Waals surface area contributed by atoms with Gasteiger partial charge in [0.1, 0.15) is 0 Å². The summed E-state index contributed by atoms with van der Waals surface area (Å²) >= 11 is 0. The monoisotopic (exact) mass is 412 g/mol. The van der Waals surface area contributed by atoms with Crippen LogP contribution in [-0.2, 0) is 0 Å². The second-order valence-corrected chi connectivity index (χ2v) is 6.92. The normalized spacial score (nSPS) is 19.3. The molecule has 156 valence electrons. The molecule has 2 aromatic carbocycles. The topological polar surface area (TPSA) is 151 Å². The molecule has 0 heterocycles. The Kier molecular flexibility index (Phi) is 6.35. The molecule has 1 saturated carbocycles. The molecule has 0 spiro atoms. The van der Waals surface area contributed by atoms with Crippen LogP contribution in [0.3, 0.4) is 0 Å². The fourth-order valence-electron chi connectivity index (χ4n) is 3.39. The molecule has 2 unspecified atom stereocenters. The highest BCUT2D eigenvalue weighted by atomic mass is 16.6. The van der Waals surface area contributed by atoms with E-state index in [0.717, 1.165) is 25.7 Å². The Labute approximate surface area is 171 Å². The van der Waals surface area contributed by atoms with Gasteiger partial charge in [0.15, 0.2) is 0 Å². The van der Waals surface area contributed by atoms with Gasteiger partial charge >= 0.3 is 11.4 Å². The van der Waals surface area contributed by atoms with E-state index in [0.29, 0.717) is 0 Å². The number of aliphatic imine (C=N–C) groups is 2. The molecule has 10 heteroatoms. The van der Waals surface area contributed by atoms with E-state index in [1.807, 2.05) is 0 Å². The third-order valence-electron chi connectivity index (χ3n) is 4.99. The van der Waals surface area contributed by atoms with Crippen LogP contribution in [0.1, 0.15) is 36.8 Å². The van der Waals surface area contributed by atoms with Gasteiger partial charge in [-0.15, -0.1) is 0 Å². The molecular formula is C20H20N4O6. The Balaban J connectivity index is 1.81. The number of para-hydroxylation sites is 2. The summed E-state index contributed by atoms with van der Waals surface area (Å²) in [5.74, 6) is -0.882. The number of rotatable bonds is 6. The zero-order valence-electron chi connectivity index (χ0n) is 15.9. The zero-order valence-corrected chi connectivity index (χ0v) is 15.9. The van der Waals surface area contributed by atoms with Crippen LogP contribution in [0.2, 0.25) is 0 Å². The van der Waals surface area contributed by atoms with Crippen molar-refractivity contribution in [3.8, 4) is 11.5 Å². The Morgan fingerprint density at radius 1 is 0.800 bits per heavy atom. The number of nitro groups is 2. The molecule has 0 amide bonds. The summed E-state index contributed by atoms with van der Waals surface area (Å²) in [6.07, 6.45) is 6.19. The maximum Gasteiger partial charge on any atom is 0.311 e. The van der Waals surface area contributed by atoms with Crippen LogP contribution in [0.5, 0.6) is 11.5 Å². The molecule has 30 heavy (non-hydrogen) atoms. The average Bonchev–Trinajstić information content (AvgIpc) is 2.72.